The molecule has 1 heterocycles. The van der Waals surface area contributed by atoms with Crippen molar-refractivity contribution in [1.29, 1.82) is 0 Å². The molecule has 1 fully saturated rings. The van der Waals surface area contributed by atoms with Crippen LogP contribution < -0.4 is 4.90 Å². The number of nitrogens with zero attached hydrogens (tertiary/aromatic N) is 1. The van der Waals surface area contributed by atoms with Gasteiger partial charge in [-0.3, -0.25) is 0 Å². The summed E-state index contributed by atoms with van der Waals surface area (Å²) >= 11 is 3.37. The molecule has 1 aromatic carbocycles. The number of alkyl halides is 1. The highest BCUT2D eigenvalue weighted by molar-refractivity contribution is 9.08. The summed E-state index contributed by atoms with van der Waals surface area (Å²) in [5.74, 6) is -0.183. The van der Waals surface area contributed by atoms with Gasteiger partial charge in [0, 0.05) is 31.2 Å². The van der Waals surface area contributed by atoms with Crippen LogP contribution in [0.25, 0.3) is 0 Å². The van der Waals surface area contributed by atoms with Crippen molar-refractivity contribution in [3.63, 3.8) is 0 Å². The molecular formula is C11H13BrFNO. The molecule has 1 aromatic rings. The first-order valence-electron chi connectivity index (χ1n) is 4.86. The largest absolute Gasteiger partial charge is 0.378 e. The highest BCUT2D eigenvalue weighted by Gasteiger charge is 2.27. The van der Waals surface area contributed by atoms with Gasteiger partial charge in [-0.1, -0.05) is 15.9 Å². The first-order chi connectivity index (χ1) is 7.24. The molecule has 1 aliphatic heterocycles. The molecule has 0 bridgehead atoms. The molecule has 1 aliphatic rings. The van der Waals surface area contributed by atoms with Crippen LogP contribution in [0.3, 0.4) is 0 Å². The van der Waals surface area contributed by atoms with Gasteiger partial charge in [0.25, 0.3) is 0 Å². The van der Waals surface area contributed by atoms with Crippen LogP contribution in [-0.4, -0.2) is 26.3 Å². The van der Waals surface area contributed by atoms with Gasteiger partial charge in [0.15, 0.2) is 0 Å². The number of rotatable bonds is 3. The van der Waals surface area contributed by atoms with Gasteiger partial charge in [-0.15, -0.1) is 0 Å². The van der Waals surface area contributed by atoms with Crippen LogP contribution in [0, 0.1) is 5.82 Å². The van der Waals surface area contributed by atoms with Crippen molar-refractivity contribution in [3.8, 4) is 0 Å². The molecule has 0 atom stereocenters. The van der Waals surface area contributed by atoms with E-state index in [1.54, 1.807) is 13.2 Å². The number of hydrogen-bond donors (Lipinski definition) is 0. The maximum atomic E-state index is 13.0. The van der Waals surface area contributed by atoms with Crippen LogP contribution in [0.4, 0.5) is 10.1 Å². The summed E-state index contributed by atoms with van der Waals surface area (Å²) in [4.78, 5) is 2.20. The van der Waals surface area contributed by atoms with Crippen molar-refractivity contribution in [2.45, 2.75) is 11.4 Å². The van der Waals surface area contributed by atoms with Crippen molar-refractivity contribution in [1.82, 2.24) is 0 Å². The molecule has 0 N–H and O–H groups in total. The van der Waals surface area contributed by atoms with Crippen molar-refractivity contribution >= 4 is 21.6 Å². The molecule has 1 saturated heterocycles. The van der Waals surface area contributed by atoms with E-state index in [2.05, 4.69) is 20.8 Å². The zero-order valence-electron chi connectivity index (χ0n) is 8.54. The predicted molar refractivity (Wildman–Crippen MR) is 62.0 cm³/mol. The lowest BCUT2D eigenvalue weighted by Crippen LogP contribution is -2.52. The lowest BCUT2D eigenvalue weighted by atomic mass is 10.1. The summed E-state index contributed by atoms with van der Waals surface area (Å²) in [5.41, 5.74) is 2.09. The third-order valence-corrected chi connectivity index (χ3v) is 3.31. The van der Waals surface area contributed by atoms with Crippen molar-refractivity contribution in [3.05, 3.63) is 29.6 Å². The minimum Gasteiger partial charge on any atom is -0.378 e. The fraction of sp³-hybridized carbons (Fsp3) is 0.455. The lowest BCUT2D eigenvalue weighted by molar-refractivity contribution is 0.0787. The van der Waals surface area contributed by atoms with Crippen LogP contribution in [0.5, 0.6) is 0 Å². The van der Waals surface area contributed by atoms with E-state index in [4.69, 9.17) is 4.74 Å². The molecule has 0 radical (unpaired) electrons. The van der Waals surface area contributed by atoms with Crippen molar-refractivity contribution < 1.29 is 9.13 Å². The van der Waals surface area contributed by atoms with E-state index in [1.807, 2.05) is 6.07 Å². The second kappa shape index (κ2) is 4.49. The first-order valence-corrected chi connectivity index (χ1v) is 5.99. The molecule has 0 aliphatic carbocycles. The lowest BCUT2D eigenvalue weighted by Gasteiger charge is -2.40. The summed E-state index contributed by atoms with van der Waals surface area (Å²) < 4.78 is 18.2. The van der Waals surface area contributed by atoms with Gasteiger partial charge in [0.05, 0.1) is 6.10 Å². The Morgan fingerprint density at radius 2 is 2.27 bits per heavy atom. The monoisotopic (exact) mass is 273 g/mol. The topological polar surface area (TPSA) is 12.5 Å². The Balaban J connectivity index is 2.15. The molecule has 0 saturated carbocycles. The molecule has 0 aromatic heterocycles. The summed E-state index contributed by atoms with van der Waals surface area (Å²) in [6, 6.07) is 4.91. The van der Waals surface area contributed by atoms with E-state index >= 15 is 0 Å². The zero-order valence-corrected chi connectivity index (χ0v) is 10.1. The van der Waals surface area contributed by atoms with Gasteiger partial charge < -0.3 is 9.64 Å². The molecule has 0 amide bonds. The van der Waals surface area contributed by atoms with E-state index in [0.29, 0.717) is 11.4 Å². The Morgan fingerprint density at radius 1 is 1.53 bits per heavy atom. The van der Waals surface area contributed by atoms with E-state index in [-0.39, 0.29) is 5.82 Å². The van der Waals surface area contributed by atoms with Crippen LogP contribution >= 0.6 is 15.9 Å². The third-order valence-electron chi connectivity index (χ3n) is 2.71. The van der Waals surface area contributed by atoms with Gasteiger partial charge in [-0.25, -0.2) is 4.39 Å². The Labute approximate surface area is 97.2 Å². The number of ether oxygens (including phenoxy) is 1. The minimum atomic E-state index is -0.183. The minimum absolute atomic E-state index is 0.183. The standard InChI is InChI=1S/C11H13BrFNO/c1-15-10-6-14(7-10)11-3-2-9(13)4-8(11)5-12/h2-4,10H,5-7H2,1H3. The SMILES string of the molecule is COC1CN(c2ccc(F)cc2CBr)C1. The third kappa shape index (κ3) is 2.16. The smallest absolute Gasteiger partial charge is 0.123 e. The quantitative estimate of drug-likeness (QED) is 0.785. The zero-order chi connectivity index (χ0) is 10.8. The molecule has 2 nitrogen and oxygen atoms in total. The molecule has 82 valence electrons. The van der Waals surface area contributed by atoms with Crippen molar-refractivity contribution in [2.75, 3.05) is 25.1 Å². The second-order valence-electron chi connectivity index (χ2n) is 3.67. The number of benzene rings is 1. The van der Waals surface area contributed by atoms with E-state index < -0.39 is 0 Å². The fourth-order valence-corrected chi connectivity index (χ4v) is 2.20. The Kier molecular flexibility index (Phi) is 3.26. The van der Waals surface area contributed by atoms with Crippen LogP contribution in [-0.2, 0) is 10.1 Å². The molecule has 2 rings (SSSR count). The average molecular weight is 274 g/mol. The second-order valence-corrected chi connectivity index (χ2v) is 4.23. The Morgan fingerprint density at radius 3 is 2.87 bits per heavy atom. The Bertz CT molecular complexity index is 352. The van der Waals surface area contributed by atoms with Crippen LogP contribution in [0.2, 0.25) is 0 Å². The van der Waals surface area contributed by atoms with Crippen molar-refractivity contribution in [2.24, 2.45) is 0 Å². The Hall–Kier alpha value is -0.610. The molecule has 0 spiro atoms. The fourth-order valence-electron chi connectivity index (χ4n) is 1.75. The number of methoxy groups -OCH3 is 1. The van der Waals surface area contributed by atoms with E-state index in [0.717, 1.165) is 24.3 Å². The maximum Gasteiger partial charge on any atom is 0.123 e. The van der Waals surface area contributed by atoms with E-state index in [1.165, 1.54) is 6.07 Å². The summed E-state index contributed by atoms with van der Waals surface area (Å²) in [5, 5.41) is 0.675. The molecular weight excluding hydrogens is 261 g/mol. The van der Waals surface area contributed by atoms with Crippen LogP contribution in [0.15, 0.2) is 18.2 Å². The first kappa shape index (κ1) is 10.9. The van der Waals surface area contributed by atoms with Gasteiger partial charge in [0.1, 0.15) is 5.82 Å². The highest BCUT2D eigenvalue weighted by Crippen LogP contribution is 2.28. The van der Waals surface area contributed by atoms with Crippen LogP contribution in [0.1, 0.15) is 5.56 Å². The molecule has 4 heteroatoms. The summed E-state index contributed by atoms with van der Waals surface area (Å²) in [6.45, 7) is 1.78. The van der Waals surface area contributed by atoms with Gasteiger partial charge in [-0.2, -0.15) is 0 Å². The molecule has 0 unspecified atom stereocenters. The number of hydrogen-bond acceptors (Lipinski definition) is 2. The summed E-state index contributed by atoms with van der Waals surface area (Å²) in [7, 11) is 1.72. The highest BCUT2D eigenvalue weighted by atomic mass is 79.9. The van der Waals surface area contributed by atoms with Gasteiger partial charge >= 0.3 is 0 Å². The average Bonchev–Trinajstić information content (AvgIpc) is 2.18. The number of halogens is 2. The van der Waals surface area contributed by atoms with Gasteiger partial charge in [-0.05, 0) is 23.8 Å². The predicted octanol–water partition coefficient (Wildman–Crippen LogP) is 2.56. The van der Waals surface area contributed by atoms with E-state index in [9.17, 15) is 4.39 Å². The number of anilines is 1. The van der Waals surface area contributed by atoms with Gasteiger partial charge in [0.2, 0.25) is 0 Å². The summed E-state index contributed by atoms with van der Waals surface area (Å²) in [6.07, 6.45) is 0.318. The maximum absolute atomic E-state index is 13.0. The molecule has 15 heavy (non-hydrogen) atoms. The normalized spacial score (nSPS) is 16.6.